The molecule has 1 aromatic heterocycles. The highest BCUT2D eigenvalue weighted by molar-refractivity contribution is 5.88. The minimum Gasteiger partial charge on any atom is -0.491 e. The normalized spacial score (nSPS) is 17.0. The topological polar surface area (TPSA) is 158 Å². The molecule has 0 radical (unpaired) electrons. The molecule has 45 heavy (non-hydrogen) atoms. The number of hydrogen-bond donors (Lipinski definition) is 3. The number of benzene rings is 2. The number of fused-ring (bicyclic) bond motifs is 1. The second-order valence-corrected chi connectivity index (χ2v) is 12.8. The summed E-state index contributed by atoms with van der Waals surface area (Å²) >= 11 is 0. The molecule has 1 saturated heterocycles. The zero-order chi connectivity index (χ0) is 32.4. The van der Waals surface area contributed by atoms with E-state index in [1.165, 1.54) is 0 Å². The van der Waals surface area contributed by atoms with Gasteiger partial charge in [0.1, 0.15) is 16.9 Å². The van der Waals surface area contributed by atoms with E-state index in [1.807, 2.05) is 25.1 Å². The van der Waals surface area contributed by atoms with Gasteiger partial charge in [-0.2, -0.15) is 4.98 Å². The lowest BCUT2D eigenvalue weighted by molar-refractivity contribution is -0.268. The van der Waals surface area contributed by atoms with Crippen LogP contribution in [0.4, 0.5) is 21.0 Å². The Hall–Kier alpha value is -4.36. The summed E-state index contributed by atoms with van der Waals surface area (Å²) in [5.74, 6) is 0.405. The molecule has 0 unspecified atom stereocenters. The predicted octanol–water partition coefficient (Wildman–Crippen LogP) is 5.69. The Labute approximate surface area is 262 Å². The first-order valence-electron chi connectivity index (χ1n) is 15.0. The van der Waals surface area contributed by atoms with E-state index in [-0.39, 0.29) is 19.1 Å². The number of carbonyl (C=O) groups excluding carboxylic acids is 1. The van der Waals surface area contributed by atoms with Crippen molar-refractivity contribution in [3.05, 3.63) is 42.0 Å². The number of rotatable bonds is 9. The lowest BCUT2D eigenvalue weighted by Crippen LogP contribution is -2.65. The van der Waals surface area contributed by atoms with Gasteiger partial charge in [0.15, 0.2) is 5.79 Å². The number of ether oxygens (including phenoxy) is 4. The van der Waals surface area contributed by atoms with Gasteiger partial charge in [0.2, 0.25) is 5.82 Å². The van der Waals surface area contributed by atoms with Gasteiger partial charge in [0.05, 0.1) is 25.5 Å². The van der Waals surface area contributed by atoms with E-state index < -0.39 is 29.1 Å². The molecule has 242 valence electrons. The van der Waals surface area contributed by atoms with E-state index in [0.717, 1.165) is 23.2 Å². The lowest BCUT2D eigenvalue weighted by Gasteiger charge is -2.45. The van der Waals surface area contributed by atoms with Gasteiger partial charge in [-0.05, 0) is 77.3 Å². The number of nitrogens with zero attached hydrogens (tertiary/aromatic N) is 3. The molecule has 0 atom stereocenters. The monoisotopic (exact) mass is 623 g/mol. The summed E-state index contributed by atoms with van der Waals surface area (Å²) in [6.45, 7) is 12.9. The maximum atomic E-state index is 12.6. The van der Waals surface area contributed by atoms with E-state index in [0.29, 0.717) is 48.9 Å². The van der Waals surface area contributed by atoms with Crippen LogP contribution in [-0.2, 0) is 20.6 Å². The summed E-state index contributed by atoms with van der Waals surface area (Å²) in [6, 6.07) is 11.1. The van der Waals surface area contributed by atoms with Crippen molar-refractivity contribution in [3.63, 3.8) is 0 Å². The first-order valence-corrected chi connectivity index (χ1v) is 15.0. The molecule has 2 aliphatic heterocycles. The Balaban J connectivity index is 1.39. The third kappa shape index (κ3) is 7.66. The maximum absolute atomic E-state index is 12.6. The Kier molecular flexibility index (Phi) is 8.95. The number of anilines is 2. The number of aromatic nitrogens is 2. The molecular formula is C32H41N5O8. The summed E-state index contributed by atoms with van der Waals surface area (Å²) in [6.07, 6.45) is -0.231. The van der Waals surface area contributed by atoms with Crippen LogP contribution in [0.15, 0.2) is 40.9 Å². The number of nitrogens with one attached hydrogen (secondary N) is 2. The van der Waals surface area contributed by atoms with Crippen molar-refractivity contribution in [1.82, 2.24) is 15.5 Å². The van der Waals surface area contributed by atoms with Crippen LogP contribution in [0.2, 0.25) is 0 Å². The highest BCUT2D eigenvalue weighted by atomic mass is 16.7. The minimum absolute atomic E-state index is 0.180. The van der Waals surface area contributed by atoms with Gasteiger partial charge in [-0.1, -0.05) is 24.2 Å². The van der Waals surface area contributed by atoms with E-state index in [1.54, 1.807) is 52.8 Å². The first-order chi connectivity index (χ1) is 21.3. The quantitative estimate of drug-likeness (QED) is 0.269. The number of hydrogen-bond acceptors (Lipinski definition) is 10. The van der Waals surface area contributed by atoms with Crippen LogP contribution >= 0.6 is 0 Å². The van der Waals surface area contributed by atoms with Crippen LogP contribution in [-0.4, -0.2) is 77.3 Å². The van der Waals surface area contributed by atoms with Crippen LogP contribution < -0.4 is 20.3 Å². The zero-order valence-corrected chi connectivity index (χ0v) is 26.6. The summed E-state index contributed by atoms with van der Waals surface area (Å²) in [7, 11) is 0. The minimum atomic E-state index is -1.14. The summed E-state index contributed by atoms with van der Waals surface area (Å²) in [4.78, 5) is 31.1. The second-order valence-electron chi connectivity index (χ2n) is 12.8. The van der Waals surface area contributed by atoms with Crippen molar-refractivity contribution in [1.29, 1.82) is 0 Å². The van der Waals surface area contributed by atoms with Crippen LogP contribution in [0.3, 0.4) is 0 Å². The maximum Gasteiger partial charge on any atom is 0.412 e. The van der Waals surface area contributed by atoms with E-state index in [4.69, 9.17) is 28.5 Å². The Morgan fingerprint density at radius 1 is 1.13 bits per heavy atom. The van der Waals surface area contributed by atoms with Crippen molar-refractivity contribution >= 4 is 23.6 Å². The summed E-state index contributed by atoms with van der Waals surface area (Å²) < 4.78 is 28.7. The molecule has 1 fully saturated rings. The van der Waals surface area contributed by atoms with Crippen LogP contribution in [0.5, 0.6) is 5.75 Å². The van der Waals surface area contributed by atoms with Crippen molar-refractivity contribution in [2.24, 2.45) is 0 Å². The highest BCUT2D eigenvalue weighted by Crippen LogP contribution is 2.38. The molecule has 0 spiro atoms. The first kappa shape index (κ1) is 32.0. The summed E-state index contributed by atoms with van der Waals surface area (Å²) in [5.41, 5.74) is 2.23. The van der Waals surface area contributed by atoms with Gasteiger partial charge in [0.25, 0.3) is 5.89 Å². The van der Waals surface area contributed by atoms with Gasteiger partial charge in [0, 0.05) is 29.9 Å². The molecule has 2 aromatic carbocycles. The third-order valence-electron chi connectivity index (χ3n) is 7.37. The number of carboxylic acid groups (broad SMARTS) is 1. The molecule has 2 amide bonds. The van der Waals surface area contributed by atoms with E-state index in [2.05, 4.69) is 20.7 Å². The van der Waals surface area contributed by atoms with E-state index >= 15 is 0 Å². The third-order valence-corrected chi connectivity index (χ3v) is 7.37. The second kappa shape index (κ2) is 12.6. The van der Waals surface area contributed by atoms with Crippen molar-refractivity contribution in [2.45, 2.75) is 71.3 Å². The number of carbonyl (C=O) groups is 2. The van der Waals surface area contributed by atoms with Crippen LogP contribution in [0, 0.1) is 0 Å². The van der Waals surface area contributed by atoms with Crippen molar-refractivity contribution in [3.8, 4) is 28.6 Å². The highest BCUT2D eigenvalue weighted by Gasteiger charge is 2.43. The van der Waals surface area contributed by atoms with Crippen molar-refractivity contribution < 1.29 is 38.2 Å². The average molecular weight is 624 g/mol. The van der Waals surface area contributed by atoms with Gasteiger partial charge in [-0.25, -0.2) is 9.59 Å². The smallest absolute Gasteiger partial charge is 0.412 e. The fraction of sp³-hybridized carbons (Fsp3) is 0.500. The average Bonchev–Trinajstić information content (AvgIpc) is 3.61. The molecule has 3 aromatic rings. The van der Waals surface area contributed by atoms with E-state index in [9.17, 15) is 14.7 Å². The molecule has 0 aliphatic carbocycles. The lowest BCUT2D eigenvalue weighted by atomic mass is 9.99. The Bertz CT molecular complexity index is 1540. The van der Waals surface area contributed by atoms with Gasteiger partial charge in [-0.15, -0.1) is 0 Å². The fourth-order valence-corrected chi connectivity index (χ4v) is 5.34. The molecule has 5 rings (SSSR count). The van der Waals surface area contributed by atoms with Gasteiger partial charge < -0.3 is 38.8 Å². The SMILES string of the molecule is CCCOc1ccc(-c2nc(-c3cccc4c3CCN4CC3(NC(=O)O)COC(C)(C)OC3)no2)cc1NC(=O)OC(C)(C)C. The van der Waals surface area contributed by atoms with Gasteiger partial charge >= 0.3 is 12.2 Å². The molecular weight excluding hydrogens is 582 g/mol. The number of amides is 2. The molecule has 13 nitrogen and oxygen atoms in total. The Morgan fingerprint density at radius 3 is 2.58 bits per heavy atom. The standard InChI is InChI=1S/C32H41N5O8/c1-7-15-41-25-12-11-20(16-23(25)33-29(40)44-30(2,3)4)27-34-26(36-45-27)22-9-8-10-24-21(22)13-14-37(24)17-32(35-28(38)39)18-42-31(5,6)43-19-32/h8-12,16,35H,7,13-15,17-19H2,1-6H3,(H,33,40)(H,38,39). The zero-order valence-electron chi connectivity index (χ0n) is 26.6. The molecule has 2 aliphatic rings. The largest absolute Gasteiger partial charge is 0.491 e. The van der Waals surface area contributed by atoms with Crippen molar-refractivity contribution in [2.75, 3.05) is 43.1 Å². The summed E-state index contributed by atoms with van der Waals surface area (Å²) in [5, 5.41) is 19.3. The molecule has 0 bridgehead atoms. The molecule has 13 heteroatoms. The molecule has 3 heterocycles. The van der Waals surface area contributed by atoms with Crippen LogP contribution in [0.1, 0.15) is 53.5 Å². The fourth-order valence-electron chi connectivity index (χ4n) is 5.34. The van der Waals surface area contributed by atoms with Gasteiger partial charge in [-0.3, -0.25) is 5.32 Å². The van der Waals surface area contributed by atoms with Crippen LogP contribution in [0.25, 0.3) is 22.8 Å². The molecule has 0 saturated carbocycles. The Morgan fingerprint density at radius 2 is 1.89 bits per heavy atom. The predicted molar refractivity (Wildman–Crippen MR) is 167 cm³/mol. The molecule has 3 N–H and O–H groups in total.